The number of nitriles is 1. The van der Waals surface area contributed by atoms with Crippen molar-refractivity contribution in [3.8, 4) is 17.3 Å². The standard InChI is InChI=1S/C29H32N4O7/c1-32-21(14-20(15-30)28(37)31-16-24-25(34)26(35)27(36)29(38)40-24)6-7-23(32)19-3-2-18-13-22(5-4-17(18)12-19)33-8-10-39-11-9-33/h2-7,12-14,24-27,29,34-36,38H,8-11,16H2,1H3,(H,31,37)/b20-14+/t24-,25-,26+,27-,29?/m1/s1. The number of carbonyl (C=O) groups excluding carboxylic acids is 1. The van der Waals surface area contributed by atoms with Crippen molar-refractivity contribution in [2.24, 2.45) is 7.05 Å². The zero-order valence-electron chi connectivity index (χ0n) is 22.0. The van der Waals surface area contributed by atoms with Crippen molar-refractivity contribution < 1.29 is 34.7 Å². The Morgan fingerprint density at radius 2 is 1.75 bits per heavy atom. The minimum Gasteiger partial charge on any atom is -0.388 e. The molecule has 5 N–H and O–H groups in total. The molecule has 3 heterocycles. The number of nitrogens with zero attached hydrogens (tertiary/aromatic N) is 3. The average molecular weight is 549 g/mol. The predicted octanol–water partition coefficient (Wildman–Crippen LogP) is 0.505. The Bertz CT molecular complexity index is 1460. The van der Waals surface area contributed by atoms with Crippen LogP contribution in [0.3, 0.4) is 0 Å². The molecule has 0 bridgehead atoms. The van der Waals surface area contributed by atoms with Crippen molar-refractivity contribution in [1.29, 1.82) is 5.26 Å². The molecular formula is C29H32N4O7. The lowest BCUT2D eigenvalue weighted by Gasteiger charge is -2.38. The van der Waals surface area contributed by atoms with Crippen LogP contribution in [0.25, 0.3) is 28.1 Å². The summed E-state index contributed by atoms with van der Waals surface area (Å²) in [6, 6.07) is 18.3. The van der Waals surface area contributed by atoms with Crippen LogP contribution in [0.15, 0.2) is 54.1 Å². The summed E-state index contributed by atoms with van der Waals surface area (Å²) in [6.45, 7) is 2.92. The number of amides is 1. The fourth-order valence-corrected chi connectivity index (χ4v) is 5.06. The number of aromatic nitrogens is 1. The molecule has 5 atom stereocenters. The molecule has 0 saturated carbocycles. The molecule has 2 aliphatic rings. The molecule has 40 heavy (non-hydrogen) atoms. The highest BCUT2D eigenvalue weighted by atomic mass is 16.6. The van der Waals surface area contributed by atoms with E-state index in [2.05, 4.69) is 40.5 Å². The molecule has 5 rings (SSSR count). The minimum atomic E-state index is -1.71. The van der Waals surface area contributed by atoms with Gasteiger partial charge in [-0.25, -0.2) is 0 Å². The molecule has 1 unspecified atom stereocenters. The van der Waals surface area contributed by atoms with E-state index in [4.69, 9.17) is 9.47 Å². The molecule has 0 aliphatic carbocycles. The Balaban J connectivity index is 1.30. The highest BCUT2D eigenvalue weighted by molar-refractivity contribution is 6.01. The molecular weight excluding hydrogens is 516 g/mol. The summed E-state index contributed by atoms with van der Waals surface area (Å²) in [5, 5.41) is 53.5. The van der Waals surface area contributed by atoms with Crippen LogP contribution in [-0.2, 0) is 21.3 Å². The minimum absolute atomic E-state index is 0.173. The molecule has 1 aromatic heterocycles. The maximum Gasteiger partial charge on any atom is 0.262 e. The van der Waals surface area contributed by atoms with Gasteiger partial charge in [0.1, 0.15) is 36.1 Å². The average Bonchev–Trinajstić information content (AvgIpc) is 3.35. The summed E-state index contributed by atoms with van der Waals surface area (Å²) in [5.41, 5.74) is 3.52. The summed E-state index contributed by atoms with van der Waals surface area (Å²) >= 11 is 0. The van der Waals surface area contributed by atoms with E-state index in [9.17, 15) is 30.5 Å². The van der Waals surface area contributed by atoms with Gasteiger partial charge in [-0.1, -0.05) is 18.2 Å². The zero-order chi connectivity index (χ0) is 28.4. The van der Waals surface area contributed by atoms with Gasteiger partial charge in [0.05, 0.1) is 13.2 Å². The number of benzene rings is 2. The SMILES string of the molecule is Cn1c(/C=C(\C#N)C(=O)NC[C@H]2OC(O)[C@H](O)[C@@H](O)[C@@H]2O)ccc1-c1ccc2cc(N3CCOCC3)ccc2c1. The number of morpholine rings is 1. The van der Waals surface area contributed by atoms with Crippen molar-refractivity contribution in [3.63, 3.8) is 0 Å². The first-order valence-electron chi connectivity index (χ1n) is 13.1. The van der Waals surface area contributed by atoms with Crippen molar-refractivity contribution in [2.45, 2.75) is 30.7 Å². The van der Waals surface area contributed by atoms with Gasteiger partial charge in [-0.05, 0) is 52.7 Å². The van der Waals surface area contributed by atoms with Gasteiger partial charge in [-0.2, -0.15) is 5.26 Å². The predicted molar refractivity (Wildman–Crippen MR) is 147 cm³/mol. The fraction of sp³-hybridized carbons (Fsp3) is 0.379. The molecule has 11 nitrogen and oxygen atoms in total. The topological polar surface area (TPSA) is 160 Å². The van der Waals surface area contributed by atoms with E-state index < -0.39 is 36.6 Å². The third kappa shape index (κ3) is 5.59. The summed E-state index contributed by atoms with van der Waals surface area (Å²) in [5.74, 6) is -0.710. The number of carbonyl (C=O) groups is 1. The van der Waals surface area contributed by atoms with Gasteiger partial charge in [-0.15, -0.1) is 0 Å². The van der Waals surface area contributed by atoms with Crippen molar-refractivity contribution in [2.75, 3.05) is 37.7 Å². The third-order valence-electron chi connectivity index (χ3n) is 7.46. The van der Waals surface area contributed by atoms with Gasteiger partial charge in [-0.3, -0.25) is 4.79 Å². The quantitative estimate of drug-likeness (QED) is 0.218. The van der Waals surface area contributed by atoms with Crippen LogP contribution < -0.4 is 10.2 Å². The molecule has 2 aliphatic heterocycles. The van der Waals surface area contributed by atoms with Crippen LogP contribution in [0.5, 0.6) is 0 Å². The van der Waals surface area contributed by atoms with E-state index in [1.165, 1.54) is 11.8 Å². The largest absolute Gasteiger partial charge is 0.388 e. The summed E-state index contributed by atoms with van der Waals surface area (Å²) in [6.07, 6.45) is -6.26. The van der Waals surface area contributed by atoms with E-state index in [-0.39, 0.29) is 12.1 Å². The van der Waals surface area contributed by atoms with Crippen molar-refractivity contribution in [1.82, 2.24) is 9.88 Å². The van der Waals surface area contributed by atoms with Crippen LogP contribution in [0.1, 0.15) is 5.69 Å². The van der Waals surface area contributed by atoms with Crippen LogP contribution in [-0.4, -0.2) is 94.5 Å². The van der Waals surface area contributed by atoms with E-state index in [1.54, 1.807) is 0 Å². The number of nitrogens with one attached hydrogen (secondary N) is 1. The second kappa shape index (κ2) is 11.8. The number of aliphatic hydroxyl groups excluding tert-OH is 4. The second-order valence-electron chi connectivity index (χ2n) is 9.96. The highest BCUT2D eigenvalue weighted by Crippen LogP contribution is 2.29. The van der Waals surface area contributed by atoms with Crippen LogP contribution >= 0.6 is 0 Å². The number of anilines is 1. The molecule has 210 valence electrons. The number of fused-ring (bicyclic) bond motifs is 1. The second-order valence-corrected chi connectivity index (χ2v) is 9.96. The van der Waals surface area contributed by atoms with Crippen LogP contribution in [0.4, 0.5) is 5.69 Å². The van der Waals surface area contributed by atoms with Crippen LogP contribution in [0.2, 0.25) is 0 Å². The van der Waals surface area contributed by atoms with Gasteiger partial charge in [0.25, 0.3) is 5.91 Å². The van der Waals surface area contributed by atoms with Gasteiger partial charge in [0, 0.05) is 43.8 Å². The monoisotopic (exact) mass is 548 g/mol. The number of ether oxygens (including phenoxy) is 2. The summed E-state index contributed by atoms with van der Waals surface area (Å²) < 4.78 is 12.4. The lowest BCUT2D eigenvalue weighted by Crippen LogP contribution is -2.60. The molecule has 11 heteroatoms. The smallest absolute Gasteiger partial charge is 0.262 e. The van der Waals surface area contributed by atoms with Crippen molar-refractivity contribution >= 4 is 28.4 Å². The van der Waals surface area contributed by atoms with Gasteiger partial charge >= 0.3 is 0 Å². The molecule has 1 amide bonds. The summed E-state index contributed by atoms with van der Waals surface area (Å²) in [7, 11) is 1.85. The van der Waals surface area contributed by atoms with E-state index in [0.717, 1.165) is 48.3 Å². The first-order valence-corrected chi connectivity index (χ1v) is 13.1. The van der Waals surface area contributed by atoms with E-state index in [1.807, 2.05) is 35.9 Å². The Kier molecular flexibility index (Phi) is 8.18. The van der Waals surface area contributed by atoms with Crippen LogP contribution in [0, 0.1) is 11.3 Å². The lowest BCUT2D eigenvalue weighted by atomic mass is 9.99. The van der Waals surface area contributed by atoms with Gasteiger partial charge in [0.2, 0.25) is 0 Å². The molecule has 0 radical (unpaired) electrons. The summed E-state index contributed by atoms with van der Waals surface area (Å²) in [4.78, 5) is 15.0. The molecule has 0 spiro atoms. The highest BCUT2D eigenvalue weighted by Gasteiger charge is 2.43. The number of hydrogen-bond donors (Lipinski definition) is 5. The van der Waals surface area contributed by atoms with Gasteiger partial charge < -0.3 is 44.7 Å². The Morgan fingerprint density at radius 3 is 2.50 bits per heavy atom. The lowest BCUT2D eigenvalue weighted by molar-refractivity contribution is -0.280. The number of hydrogen-bond acceptors (Lipinski definition) is 9. The molecule has 2 fully saturated rings. The van der Waals surface area contributed by atoms with E-state index in [0.29, 0.717) is 5.69 Å². The molecule has 2 aromatic carbocycles. The van der Waals surface area contributed by atoms with Gasteiger partial charge in [0.15, 0.2) is 6.29 Å². The first-order chi connectivity index (χ1) is 19.3. The first kappa shape index (κ1) is 27.8. The van der Waals surface area contributed by atoms with Crippen molar-refractivity contribution in [3.05, 3.63) is 59.8 Å². The normalized spacial score (nSPS) is 25.6. The van der Waals surface area contributed by atoms with E-state index >= 15 is 0 Å². The number of rotatable bonds is 6. The third-order valence-corrected chi connectivity index (χ3v) is 7.46. The Hall–Kier alpha value is -3.76. The fourth-order valence-electron chi connectivity index (χ4n) is 5.06. The molecule has 2 saturated heterocycles. The Morgan fingerprint density at radius 1 is 1.02 bits per heavy atom. The zero-order valence-corrected chi connectivity index (χ0v) is 22.0. The maximum absolute atomic E-state index is 12.7. The molecule has 3 aromatic rings. The number of aliphatic hydroxyl groups is 4. The maximum atomic E-state index is 12.7. The Labute approximate surface area is 231 Å².